The molecule has 0 unspecified atom stereocenters. The van der Waals surface area contributed by atoms with Crippen molar-refractivity contribution in [2.75, 3.05) is 21.1 Å². The minimum absolute atomic E-state index is 0.0976. The van der Waals surface area contributed by atoms with Crippen molar-refractivity contribution in [1.82, 2.24) is 19.6 Å². The van der Waals surface area contributed by atoms with Crippen LogP contribution in [0.1, 0.15) is 54.0 Å². The van der Waals surface area contributed by atoms with Gasteiger partial charge in [0.05, 0.1) is 5.69 Å². The summed E-state index contributed by atoms with van der Waals surface area (Å²) >= 11 is 0. The van der Waals surface area contributed by atoms with Gasteiger partial charge >= 0.3 is 0 Å². The minimum atomic E-state index is -0.290. The summed E-state index contributed by atoms with van der Waals surface area (Å²) in [5.74, 6) is 0.0976. The van der Waals surface area contributed by atoms with Gasteiger partial charge in [-0.05, 0) is 59.8 Å². The van der Waals surface area contributed by atoms with Gasteiger partial charge in [0.2, 0.25) is 5.91 Å². The number of nitrogens with zero attached hydrogens (tertiary/aromatic N) is 4. The summed E-state index contributed by atoms with van der Waals surface area (Å²) in [7, 11) is 5.79. The summed E-state index contributed by atoms with van der Waals surface area (Å²) in [4.78, 5) is 17.1. The predicted octanol–water partition coefficient (Wildman–Crippen LogP) is 3.65. The van der Waals surface area contributed by atoms with Crippen molar-refractivity contribution in [3.8, 4) is 0 Å². The highest BCUT2D eigenvalue weighted by molar-refractivity contribution is 5.83. The summed E-state index contributed by atoms with van der Waals surface area (Å²) in [6.45, 7) is 11.0. The van der Waals surface area contributed by atoms with E-state index in [4.69, 9.17) is 0 Å². The van der Waals surface area contributed by atoms with Crippen molar-refractivity contribution in [2.45, 2.75) is 53.2 Å². The van der Waals surface area contributed by atoms with E-state index in [2.05, 4.69) is 38.9 Å². The topological polar surface area (TPSA) is 41.4 Å². The zero-order valence-corrected chi connectivity index (χ0v) is 17.4. The average Bonchev–Trinajstić information content (AvgIpc) is 2.84. The Labute approximate surface area is 157 Å². The first-order valence-corrected chi connectivity index (χ1v) is 9.16. The van der Waals surface area contributed by atoms with Crippen molar-refractivity contribution < 1.29 is 4.79 Å². The Bertz CT molecular complexity index is 776. The zero-order chi connectivity index (χ0) is 19.6. The van der Waals surface area contributed by atoms with E-state index in [-0.39, 0.29) is 11.9 Å². The molecule has 0 spiro atoms. The van der Waals surface area contributed by atoms with Crippen LogP contribution in [-0.4, -0.2) is 46.6 Å². The van der Waals surface area contributed by atoms with Gasteiger partial charge in [-0.3, -0.25) is 14.4 Å². The Kier molecular flexibility index (Phi) is 6.24. The van der Waals surface area contributed by atoms with Gasteiger partial charge in [-0.2, -0.15) is 5.10 Å². The molecule has 0 aliphatic heterocycles. The van der Waals surface area contributed by atoms with Gasteiger partial charge in [0.1, 0.15) is 6.04 Å². The summed E-state index contributed by atoms with van der Waals surface area (Å²) in [6.07, 6.45) is 0. The Morgan fingerprint density at radius 2 is 1.73 bits per heavy atom. The van der Waals surface area contributed by atoms with E-state index in [1.165, 1.54) is 0 Å². The number of hydrogen-bond acceptors (Lipinski definition) is 3. The number of rotatable bonds is 6. The van der Waals surface area contributed by atoms with Crippen LogP contribution in [0.3, 0.4) is 0 Å². The number of hydrogen-bond donors (Lipinski definition) is 0. The van der Waals surface area contributed by atoms with Gasteiger partial charge in [0.25, 0.3) is 0 Å². The molecule has 1 aromatic heterocycles. The van der Waals surface area contributed by atoms with Gasteiger partial charge in [-0.25, -0.2) is 0 Å². The maximum absolute atomic E-state index is 13.3. The number of carbonyl (C=O) groups excluding carboxylic acids is 1. The van der Waals surface area contributed by atoms with E-state index in [9.17, 15) is 4.79 Å². The lowest BCUT2D eigenvalue weighted by Crippen LogP contribution is -2.38. The molecule has 26 heavy (non-hydrogen) atoms. The Morgan fingerprint density at radius 3 is 2.23 bits per heavy atom. The van der Waals surface area contributed by atoms with Crippen molar-refractivity contribution in [3.63, 3.8) is 0 Å². The fourth-order valence-corrected chi connectivity index (χ4v) is 3.48. The molecule has 1 atom stereocenters. The molecule has 0 N–H and O–H groups in total. The lowest BCUT2D eigenvalue weighted by Gasteiger charge is -2.29. The highest BCUT2D eigenvalue weighted by Crippen LogP contribution is 2.25. The second-order valence-electron chi connectivity index (χ2n) is 7.60. The molecule has 1 amide bonds. The molecule has 1 aromatic carbocycles. The van der Waals surface area contributed by atoms with Crippen molar-refractivity contribution >= 4 is 5.91 Å². The van der Waals surface area contributed by atoms with Gasteiger partial charge in [-0.15, -0.1) is 0 Å². The second kappa shape index (κ2) is 8.04. The molecule has 2 aromatic rings. The molecule has 5 nitrogen and oxygen atoms in total. The summed E-state index contributed by atoms with van der Waals surface area (Å²) in [5.41, 5.74) is 5.45. The lowest BCUT2D eigenvalue weighted by molar-refractivity contribution is -0.135. The number of amides is 1. The van der Waals surface area contributed by atoms with Crippen molar-refractivity contribution in [2.24, 2.45) is 0 Å². The average molecular weight is 357 g/mol. The standard InChI is InChI=1S/C21H32N4O/c1-14(2)25-17(5)19(16(4)22-25)13-24(8)21(26)20(23(6)7)18-12-10-9-11-15(18)3/h9-12,14,20H,13H2,1-8H3/t20-/m1/s1. The fourth-order valence-electron chi connectivity index (χ4n) is 3.48. The summed E-state index contributed by atoms with van der Waals surface area (Å²) in [6, 6.07) is 8.12. The highest BCUT2D eigenvalue weighted by Gasteiger charge is 2.28. The number of carbonyl (C=O) groups is 1. The van der Waals surface area contributed by atoms with E-state index >= 15 is 0 Å². The van der Waals surface area contributed by atoms with E-state index < -0.39 is 0 Å². The van der Waals surface area contributed by atoms with Crippen LogP contribution in [0.5, 0.6) is 0 Å². The third-order valence-corrected chi connectivity index (χ3v) is 4.97. The molecular formula is C21H32N4O. The first-order chi connectivity index (χ1) is 12.1. The Hall–Kier alpha value is -2.14. The smallest absolute Gasteiger partial charge is 0.244 e. The molecule has 2 rings (SSSR count). The molecule has 0 fully saturated rings. The van der Waals surface area contributed by atoms with Crippen LogP contribution in [0.15, 0.2) is 24.3 Å². The number of benzene rings is 1. The van der Waals surface area contributed by atoms with Crippen LogP contribution < -0.4 is 0 Å². The van der Waals surface area contributed by atoms with Gasteiger partial charge in [0.15, 0.2) is 0 Å². The molecule has 142 valence electrons. The Morgan fingerprint density at radius 1 is 1.12 bits per heavy atom. The van der Waals surface area contributed by atoms with Gasteiger partial charge in [0, 0.05) is 30.9 Å². The van der Waals surface area contributed by atoms with E-state index in [0.717, 1.165) is 28.1 Å². The number of likely N-dealkylation sites (N-methyl/N-ethyl adjacent to an activating group) is 2. The molecule has 0 radical (unpaired) electrons. The molecule has 0 aliphatic rings. The quantitative estimate of drug-likeness (QED) is 0.793. The highest BCUT2D eigenvalue weighted by atomic mass is 16.2. The largest absolute Gasteiger partial charge is 0.340 e. The van der Waals surface area contributed by atoms with Crippen molar-refractivity contribution in [3.05, 3.63) is 52.3 Å². The molecule has 0 aliphatic carbocycles. The molecule has 1 heterocycles. The van der Waals surface area contributed by atoms with Crippen LogP contribution in [0.25, 0.3) is 0 Å². The SMILES string of the molecule is Cc1ccccc1[C@H](C(=O)N(C)Cc1c(C)nn(C(C)C)c1C)N(C)C. The van der Waals surface area contributed by atoms with Gasteiger partial charge < -0.3 is 4.90 Å². The minimum Gasteiger partial charge on any atom is -0.340 e. The normalized spacial score (nSPS) is 12.7. The van der Waals surface area contributed by atoms with E-state index in [1.54, 1.807) is 0 Å². The van der Waals surface area contributed by atoms with Crippen LogP contribution in [0.2, 0.25) is 0 Å². The molecule has 0 saturated carbocycles. The lowest BCUT2D eigenvalue weighted by atomic mass is 9.99. The number of aryl methyl sites for hydroxylation is 2. The third kappa shape index (κ3) is 3.98. The van der Waals surface area contributed by atoms with Crippen LogP contribution in [0, 0.1) is 20.8 Å². The molecular weight excluding hydrogens is 324 g/mol. The zero-order valence-electron chi connectivity index (χ0n) is 17.4. The number of aromatic nitrogens is 2. The summed E-state index contributed by atoms with van der Waals surface area (Å²) in [5, 5.41) is 4.64. The first kappa shape index (κ1) is 20.2. The predicted molar refractivity (Wildman–Crippen MR) is 106 cm³/mol. The van der Waals surface area contributed by atoms with Crippen LogP contribution in [0.4, 0.5) is 0 Å². The summed E-state index contributed by atoms with van der Waals surface area (Å²) < 4.78 is 2.04. The monoisotopic (exact) mass is 356 g/mol. The Balaban J connectivity index is 2.30. The molecule has 5 heteroatoms. The third-order valence-electron chi connectivity index (χ3n) is 4.97. The van der Waals surface area contributed by atoms with Crippen LogP contribution >= 0.6 is 0 Å². The van der Waals surface area contributed by atoms with E-state index in [1.807, 2.05) is 60.7 Å². The van der Waals surface area contributed by atoms with Crippen molar-refractivity contribution in [1.29, 1.82) is 0 Å². The first-order valence-electron chi connectivity index (χ1n) is 9.16. The maximum atomic E-state index is 13.3. The molecule has 0 saturated heterocycles. The second-order valence-corrected chi connectivity index (χ2v) is 7.60. The van der Waals surface area contributed by atoms with Crippen LogP contribution in [-0.2, 0) is 11.3 Å². The fraction of sp³-hybridized carbons (Fsp3) is 0.524. The maximum Gasteiger partial charge on any atom is 0.244 e. The van der Waals surface area contributed by atoms with E-state index in [0.29, 0.717) is 12.6 Å². The van der Waals surface area contributed by atoms with Gasteiger partial charge in [-0.1, -0.05) is 24.3 Å². The molecule has 0 bridgehead atoms.